The van der Waals surface area contributed by atoms with Gasteiger partial charge in [0.25, 0.3) is 0 Å². The molecule has 0 aromatic carbocycles. The summed E-state index contributed by atoms with van der Waals surface area (Å²) >= 11 is 1.63. The van der Waals surface area contributed by atoms with E-state index in [4.69, 9.17) is 0 Å². The molecular formula is C12H17NOS. The Kier molecular flexibility index (Phi) is 5.78. The lowest BCUT2D eigenvalue weighted by Crippen LogP contribution is -2.21. The van der Waals surface area contributed by atoms with Gasteiger partial charge in [0.15, 0.2) is 0 Å². The first-order chi connectivity index (χ1) is 7.33. The van der Waals surface area contributed by atoms with E-state index < -0.39 is 0 Å². The Hall–Kier alpha value is -1.09. The molecule has 3 heteroatoms. The number of hydrogen-bond acceptors (Lipinski definition) is 2. The van der Waals surface area contributed by atoms with Crippen LogP contribution in [0.15, 0.2) is 23.6 Å². The average molecular weight is 223 g/mol. The molecule has 2 nitrogen and oxygen atoms in total. The normalized spacial score (nSPS) is 10.7. The maximum absolute atomic E-state index is 11.3. The molecule has 0 radical (unpaired) electrons. The molecule has 0 unspecified atom stereocenters. The predicted molar refractivity (Wildman–Crippen MR) is 65.9 cm³/mol. The lowest BCUT2D eigenvalue weighted by molar-refractivity contribution is -0.116. The maximum atomic E-state index is 11.3. The predicted octanol–water partition coefficient (Wildman–Crippen LogP) is 3.07. The van der Waals surface area contributed by atoms with Gasteiger partial charge in [-0.1, -0.05) is 25.8 Å². The first kappa shape index (κ1) is 12.0. The second-order valence-electron chi connectivity index (χ2n) is 3.35. The molecule has 0 saturated heterocycles. The van der Waals surface area contributed by atoms with Gasteiger partial charge in [-0.25, -0.2) is 0 Å². The van der Waals surface area contributed by atoms with Gasteiger partial charge in [-0.2, -0.15) is 0 Å². The van der Waals surface area contributed by atoms with Crippen molar-refractivity contribution in [1.82, 2.24) is 5.32 Å². The SMILES string of the molecule is CCCCCNC(=O)/C=C/c1cccs1. The largest absolute Gasteiger partial charge is 0.353 e. The molecule has 82 valence electrons. The fourth-order valence-electron chi connectivity index (χ4n) is 1.19. The van der Waals surface area contributed by atoms with Gasteiger partial charge in [0, 0.05) is 17.5 Å². The van der Waals surface area contributed by atoms with Gasteiger partial charge < -0.3 is 5.32 Å². The second kappa shape index (κ2) is 7.23. The van der Waals surface area contributed by atoms with Crippen molar-refractivity contribution in [2.45, 2.75) is 26.2 Å². The average Bonchev–Trinajstić information content (AvgIpc) is 2.74. The second-order valence-corrected chi connectivity index (χ2v) is 4.33. The molecule has 0 aliphatic heterocycles. The van der Waals surface area contributed by atoms with Gasteiger partial charge >= 0.3 is 0 Å². The summed E-state index contributed by atoms with van der Waals surface area (Å²) in [5.41, 5.74) is 0. The molecule has 0 bridgehead atoms. The summed E-state index contributed by atoms with van der Waals surface area (Å²) < 4.78 is 0. The lowest BCUT2D eigenvalue weighted by atomic mass is 10.2. The van der Waals surface area contributed by atoms with Crippen molar-refractivity contribution in [3.63, 3.8) is 0 Å². The van der Waals surface area contributed by atoms with Crippen molar-refractivity contribution in [2.75, 3.05) is 6.54 Å². The number of carbonyl (C=O) groups is 1. The van der Waals surface area contributed by atoms with Crippen LogP contribution in [0.25, 0.3) is 6.08 Å². The molecule has 0 aliphatic carbocycles. The van der Waals surface area contributed by atoms with Crippen molar-refractivity contribution in [2.24, 2.45) is 0 Å². The maximum Gasteiger partial charge on any atom is 0.244 e. The highest BCUT2D eigenvalue weighted by Gasteiger charge is 1.94. The molecule has 1 aromatic rings. The van der Waals surface area contributed by atoms with Crippen molar-refractivity contribution in [3.05, 3.63) is 28.5 Å². The summed E-state index contributed by atoms with van der Waals surface area (Å²) in [4.78, 5) is 12.4. The van der Waals surface area contributed by atoms with Gasteiger partial charge in [0.2, 0.25) is 5.91 Å². The van der Waals surface area contributed by atoms with E-state index in [0.29, 0.717) is 0 Å². The topological polar surface area (TPSA) is 29.1 Å². The van der Waals surface area contributed by atoms with Crippen molar-refractivity contribution in [3.8, 4) is 0 Å². The van der Waals surface area contributed by atoms with E-state index in [2.05, 4.69) is 12.2 Å². The first-order valence-corrected chi connectivity index (χ1v) is 6.20. The highest BCUT2D eigenvalue weighted by molar-refractivity contribution is 7.10. The van der Waals surface area contributed by atoms with Gasteiger partial charge in [-0.05, 0) is 23.9 Å². The van der Waals surface area contributed by atoms with Gasteiger partial charge in [0.05, 0.1) is 0 Å². The van der Waals surface area contributed by atoms with Crippen LogP contribution in [-0.2, 0) is 4.79 Å². The van der Waals surface area contributed by atoms with E-state index in [1.54, 1.807) is 17.4 Å². The fourth-order valence-corrected chi connectivity index (χ4v) is 1.81. The van der Waals surface area contributed by atoms with Crippen LogP contribution in [0.4, 0.5) is 0 Å². The molecule has 0 aliphatic rings. The van der Waals surface area contributed by atoms with Crippen LogP contribution in [0.2, 0.25) is 0 Å². The van der Waals surface area contributed by atoms with Gasteiger partial charge in [-0.15, -0.1) is 11.3 Å². The van der Waals surface area contributed by atoms with E-state index in [1.807, 2.05) is 23.6 Å². The summed E-state index contributed by atoms with van der Waals surface area (Å²) in [7, 11) is 0. The number of rotatable bonds is 6. The zero-order valence-electron chi connectivity index (χ0n) is 9.03. The molecule has 0 spiro atoms. The minimum absolute atomic E-state index is 0.000460. The van der Waals surface area contributed by atoms with Crippen LogP contribution < -0.4 is 5.32 Å². The van der Waals surface area contributed by atoms with E-state index in [-0.39, 0.29) is 5.91 Å². The zero-order chi connectivity index (χ0) is 10.9. The summed E-state index contributed by atoms with van der Waals surface area (Å²) in [5.74, 6) is -0.000460. The molecule has 1 aromatic heterocycles. The third-order valence-electron chi connectivity index (χ3n) is 2.02. The molecule has 1 N–H and O–H groups in total. The molecule has 15 heavy (non-hydrogen) atoms. The van der Waals surface area contributed by atoms with Crippen molar-refractivity contribution < 1.29 is 4.79 Å². The Morgan fingerprint density at radius 2 is 2.40 bits per heavy atom. The molecule has 0 atom stereocenters. The van der Waals surface area contributed by atoms with Crippen LogP contribution in [-0.4, -0.2) is 12.5 Å². The molecule has 1 heterocycles. The summed E-state index contributed by atoms with van der Waals surface area (Å²) in [6, 6.07) is 3.97. The van der Waals surface area contributed by atoms with Crippen LogP contribution in [0, 0.1) is 0 Å². The van der Waals surface area contributed by atoms with E-state index in [9.17, 15) is 4.79 Å². The van der Waals surface area contributed by atoms with Crippen LogP contribution in [0.1, 0.15) is 31.1 Å². The third-order valence-corrected chi connectivity index (χ3v) is 2.86. The molecule has 1 amide bonds. The number of hydrogen-bond donors (Lipinski definition) is 1. The summed E-state index contributed by atoms with van der Waals surface area (Å²) in [5, 5.41) is 4.86. The highest BCUT2D eigenvalue weighted by atomic mass is 32.1. The van der Waals surface area contributed by atoms with E-state index in [1.165, 1.54) is 12.8 Å². The van der Waals surface area contributed by atoms with Crippen LogP contribution in [0.5, 0.6) is 0 Å². The van der Waals surface area contributed by atoms with Crippen LogP contribution >= 0.6 is 11.3 Å². The monoisotopic (exact) mass is 223 g/mol. The van der Waals surface area contributed by atoms with E-state index >= 15 is 0 Å². The Bertz CT molecular complexity index is 303. The number of unbranched alkanes of at least 4 members (excludes halogenated alkanes) is 2. The van der Waals surface area contributed by atoms with Gasteiger partial charge in [0.1, 0.15) is 0 Å². The Balaban J connectivity index is 2.18. The Labute approximate surface area is 95.0 Å². The number of thiophene rings is 1. The minimum Gasteiger partial charge on any atom is -0.353 e. The van der Waals surface area contributed by atoms with Crippen LogP contribution in [0.3, 0.4) is 0 Å². The first-order valence-electron chi connectivity index (χ1n) is 5.32. The molecular weight excluding hydrogens is 206 g/mol. The van der Waals surface area contributed by atoms with Gasteiger partial charge in [-0.3, -0.25) is 4.79 Å². The third kappa shape index (κ3) is 5.37. The molecule has 1 rings (SSSR count). The standard InChI is InChI=1S/C12H17NOS/c1-2-3-4-9-13-12(14)8-7-11-6-5-10-15-11/h5-8,10H,2-4,9H2,1H3,(H,13,14)/b8-7+. The van der Waals surface area contributed by atoms with Crippen molar-refractivity contribution >= 4 is 23.3 Å². The molecule has 0 fully saturated rings. The molecule has 0 saturated carbocycles. The summed E-state index contributed by atoms with van der Waals surface area (Å²) in [6.07, 6.45) is 6.86. The smallest absolute Gasteiger partial charge is 0.244 e. The lowest BCUT2D eigenvalue weighted by Gasteiger charge is -1.99. The zero-order valence-corrected chi connectivity index (χ0v) is 9.85. The Morgan fingerprint density at radius 1 is 1.53 bits per heavy atom. The van der Waals surface area contributed by atoms with E-state index in [0.717, 1.165) is 17.8 Å². The summed E-state index contributed by atoms with van der Waals surface area (Å²) in [6.45, 7) is 2.93. The number of carbonyl (C=O) groups excluding carboxylic acids is 1. The van der Waals surface area contributed by atoms with Crippen molar-refractivity contribution in [1.29, 1.82) is 0 Å². The quantitative estimate of drug-likeness (QED) is 0.583. The number of nitrogens with one attached hydrogen (secondary N) is 1. The minimum atomic E-state index is -0.000460. The Morgan fingerprint density at radius 3 is 3.07 bits per heavy atom. The highest BCUT2D eigenvalue weighted by Crippen LogP contribution is 2.09. The number of amides is 1. The fraction of sp³-hybridized carbons (Fsp3) is 0.417.